The van der Waals surface area contributed by atoms with Gasteiger partial charge in [-0.05, 0) is 40.1 Å². The normalized spacial score (nSPS) is 14.3. The maximum Gasteiger partial charge on any atom is 0.253 e. The molecule has 1 aliphatic heterocycles. The van der Waals surface area contributed by atoms with Gasteiger partial charge in [-0.1, -0.05) is 12.1 Å². The molecule has 0 aliphatic carbocycles. The van der Waals surface area contributed by atoms with Gasteiger partial charge in [0.25, 0.3) is 5.91 Å². The van der Waals surface area contributed by atoms with Gasteiger partial charge in [0, 0.05) is 32.0 Å². The molecule has 2 aromatic rings. The Morgan fingerprint density at radius 3 is 2.33 bits per heavy atom. The van der Waals surface area contributed by atoms with Crippen molar-refractivity contribution >= 4 is 29.1 Å². The fourth-order valence-corrected chi connectivity index (χ4v) is 3.34. The van der Waals surface area contributed by atoms with Crippen LogP contribution >= 0.6 is 11.3 Å². The van der Waals surface area contributed by atoms with Gasteiger partial charge < -0.3 is 4.90 Å². The van der Waals surface area contributed by atoms with Crippen LogP contribution in [-0.4, -0.2) is 34.6 Å². The number of thiophene rings is 1. The van der Waals surface area contributed by atoms with E-state index in [2.05, 4.69) is 0 Å². The van der Waals surface area contributed by atoms with Crippen LogP contribution in [-0.2, 0) is 22.7 Å². The summed E-state index contributed by atoms with van der Waals surface area (Å²) in [6, 6.07) is 9.08. The molecule has 5 nitrogen and oxygen atoms in total. The lowest BCUT2D eigenvalue weighted by Crippen LogP contribution is -2.28. The zero-order chi connectivity index (χ0) is 17.1. The molecular weight excluding hydrogens is 324 g/mol. The second-order valence-corrected chi connectivity index (χ2v) is 6.64. The maximum atomic E-state index is 12.4. The van der Waals surface area contributed by atoms with E-state index in [1.54, 1.807) is 47.5 Å². The fourth-order valence-electron chi connectivity index (χ4n) is 2.68. The molecule has 3 rings (SSSR count). The van der Waals surface area contributed by atoms with Gasteiger partial charge >= 0.3 is 0 Å². The summed E-state index contributed by atoms with van der Waals surface area (Å²) in [5, 5.41) is 4.01. The zero-order valence-electron chi connectivity index (χ0n) is 13.4. The molecule has 0 bridgehead atoms. The Morgan fingerprint density at radius 1 is 1.08 bits per heavy atom. The molecule has 6 heteroatoms. The van der Waals surface area contributed by atoms with Crippen LogP contribution in [0.15, 0.2) is 41.1 Å². The number of amides is 3. The summed E-state index contributed by atoms with van der Waals surface area (Å²) < 4.78 is 0. The van der Waals surface area contributed by atoms with Gasteiger partial charge in [0.15, 0.2) is 0 Å². The average Bonchev–Trinajstić information content (AvgIpc) is 3.20. The van der Waals surface area contributed by atoms with Crippen molar-refractivity contribution in [1.29, 1.82) is 0 Å². The number of hydrogen-bond donors (Lipinski definition) is 0. The van der Waals surface area contributed by atoms with Crippen molar-refractivity contribution < 1.29 is 14.4 Å². The minimum Gasteiger partial charge on any atom is -0.337 e. The maximum absolute atomic E-state index is 12.4. The predicted octanol–water partition coefficient (Wildman–Crippen LogP) is 2.67. The molecule has 1 aromatic heterocycles. The van der Waals surface area contributed by atoms with E-state index in [1.165, 1.54) is 4.90 Å². The number of carbonyl (C=O) groups excluding carboxylic acids is 3. The minimum atomic E-state index is -0.129. The lowest BCUT2D eigenvalue weighted by Gasteiger charge is -2.17. The predicted molar refractivity (Wildman–Crippen MR) is 91.3 cm³/mol. The second-order valence-electron chi connectivity index (χ2n) is 5.86. The largest absolute Gasteiger partial charge is 0.337 e. The Morgan fingerprint density at radius 2 is 1.75 bits per heavy atom. The van der Waals surface area contributed by atoms with Crippen molar-refractivity contribution in [3.63, 3.8) is 0 Å². The molecule has 1 saturated heterocycles. The van der Waals surface area contributed by atoms with Crippen LogP contribution in [0.1, 0.15) is 34.3 Å². The topological polar surface area (TPSA) is 57.7 Å². The van der Waals surface area contributed by atoms with Gasteiger partial charge in [-0.3, -0.25) is 19.3 Å². The highest BCUT2D eigenvalue weighted by molar-refractivity contribution is 7.07. The number of nitrogens with zero attached hydrogens (tertiary/aromatic N) is 2. The van der Waals surface area contributed by atoms with E-state index in [4.69, 9.17) is 0 Å². The van der Waals surface area contributed by atoms with Crippen LogP contribution in [0.3, 0.4) is 0 Å². The third kappa shape index (κ3) is 3.54. The van der Waals surface area contributed by atoms with Crippen molar-refractivity contribution in [3.8, 4) is 0 Å². The smallest absolute Gasteiger partial charge is 0.253 e. The molecule has 1 aromatic carbocycles. The van der Waals surface area contributed by atoms with Gasteiger partial charge in [-0.15, -0.1) is 0 Å². The summed E-state index contributed by atoms with van der Waals surface area (Å²) in [5.41, 5.74) is 2.55. The van der Waals surface area contributed by atoms with Crippen LogP contribution < -0.4 is 0 Å². The summed E-state index contributed by atoms with van der Waals surface area (Å²) in [5.74, 6) is -0.313. The third-order valence-electron chi connectivity index (χ3n) is 4.04. The molecule has 0 saturated carbocycles. The summed E-state index contributed by atoms with van der Waals surface area (Å²) in [7, 11) is 1.77. The number of imide groups is 1. The summed E-state index contributed by atoms with van der Waals surface area (Å²) in [6.45, 7) is 0.845. The lowest BCUT2D eigenvalue weighted by molar-refractivity contribution is -0.139. The molecular formula is C18H18N2O3S. The van der Waals surface area contributed by atoms with E-state index in [9.17, 15) is 14.4 Å². The van der Waals surface area contributed by atoms with Gasteiger partial charge in [-0.2, -0.15) is 11.3 Å². The number of hydrogen-bond acceptors (Lipinski definition) is 4. The van der Waals surface area contributed by atoms with E-state index < -0.39 is 0 Å². The highest BCUT2D eigenvalue weighted by atomic mass is 32.1. The molecule has 3 amide bonds. The molecule has 2 heterocycles. The number of carbonyl (C=O) groups is 3. The van der Waals surface area contributed by atoms with Crippen LogP contribution in [0.4, 0.5) is 0 Å². The van der Waals surface area contributed by atoms with Crippen molar-refractivity contribution in [1.82, 2.24) is 9.80 Å². The number of likely N-dealkylation sites (tertiary alicyclic amines) is 1. The number of benzene rings is 1. The Balaban J connectivity index is 1.64. The third-order valence-corrected chi connectivity index (χ3v) is 4.78. The SMILES string of the molecule is CN(Cc1ccsc1)C(=O)c1ccc(CN2C(=O)CCC2=O)cc1. The zero-order valence-corrected chi connectivity index (χ0v) is 14.2. The first-order valence-corrected chi connectivity index (χ1v) is 8.67. The molecule has 124 valence electrons. The van der Waals surface area contributed by atoms with Gasteiger partial charge in [0.2, 0.25) is 11.8 Å². The summed E-state index contributed by atoms with van der Waals surface area (Å²) >= 11 is 1.61. The Hall–Kier alpha value is -2.47. The quantitative estimate of drug-likeness (QED) is 0.785. The Kier molecular flexibility index (Phi) is 4.76. The standard InChI is InChI=1S/C18H18N2O3S/c1-19(10-14-8-9-24-12-14)18(23)15-4-2-13(3-5-15)11-20-16(21)6-7-17(20)22/h2-5,8-9,12H,6-7,10-11H2,1H3. The summed E-state index contributed by atoms with van der Waals surface area (Å²) in [4.78, 5) is 38.7. The van der Waals surface area contributed by atoms with Gasteiger partial charge in [0.1, 0.15) is 0 Å². The molecule has 0 N–H and O–H groups in total. The van der Waals surface area contributed by atoms with Crippen LogP contribution in [0, 0.1) is 0 Å². The lowest BCUT2D eigenvalue weighted by atomic mass is 10.1. The van der Waals surface area contributed by atoms with Crippen molar-refractivity contribution in [2.24, 2.45) is 0 Å². The highest BCUT2D eigenvalue weighted by Crippen LogP contribution is 2.17. The molecule has 0 atom stereocenters. The number of rotatable bonds is 5. The second kappa shape index (κ2) is 6.97. The molecule has 1 fully saturated rings. The monoisotopic (exact) mass is 342 g/mol. The van der Waals surface area contributed by atoms with E-state index in [1.807, 2.05) is 16.8 Å². The van der Waals surface area contributed by atoms with Crippen molar-refractivity contribution in [2.45, 2.75) is 25.9 Å². The summed E-state index contributed by atoms with van der Waals surface area (Å²) in [6.07, 6.45) is 0.589. The van der Waals surface area contributed by atoms with Crippen LogP contribution in [0.2, 0.25) is 0 Å². The Bertz CT molecular complexity index is 737. The Labute approximate surface area is 144 Å². The van der Waals surface area contributed by atoms with Crippen molar-refractivity contribution in [3.05, 3.63) is 57.8 Å². The molecule has 0 radical (unpaired) electrons. The average molecular weight is 342 g/mol. The van der Waals surface area contributed by atoms with E-state index >= 15 is 0 Å². The minimum absolute atomic E-state index is 0.0546. The van der Waals surface area contributed by atoms with Crippen LogP contribution in [0.25, 0.3) is 0 Å². The molecule has 0 unspecified atom stereocenters. The van der Waals surface area contributed by atoms with E-state index in [0.29, 0.717) is 24.9 Å². The first-order chi connectivity index (χ1) is 11.5. The first-order valence-electron chi connectivity index (χ1n) is 7.73. The van der Waals surface area contributed by atoms with Crippen LogP contribution in [0.5, 0.6) is 0 Å². The fraction of sp³-hybridized carbons (Fsp3) is 0.278. The highest BCUT2D eigenvalue weighted by Gasteiger charge is 2.28. The van der Waals surface area contributed by atoms with Gasteiger partial charge in [-0.25, -0.2) is 0 Å². The van der Waals surface area contributed by atoms with E-state index in [-0.39, 0.29) is 24.3 Å². The molecule has 1 aliphatic rings. The van der Waals surface area contributed by atoms with Crippen molar-refractivity contribution in [2.75, 3.05) is 7.05 Å². The van der Waals surface area contributed by atoms with E-state index in [0.717, 1.165) is 11.1 Å². The van der Waals surface area contributed by atoms with Gasteiger partial charge in [0.05, 0.1) is 6.54 Å². The molecule has 0 spiro atoms. The molecule has 24 heavy (non-hydrogen) atoms. The first kappa shape index (κ1) is 16.4.